The predicted molar refractivity (Wildman–Crippen MR) is 83.4 cm³/mol. The van der Waals surface area contributed by atoms with Crippen molar-refractivity contribution in [2.45, 2.75) is 27.2 Å². The van der Waals surface area contributed by atoms with Crippen molar-refractivity contribution in [3.8, 4) is 0 Å². The summed E-state index contributed by atoms with van der Waals surface area (Å²) in [6.45, 7) is 7.56. The minimum atomic E-state index is 0.660. The smallest absolute Gasteiger partial charge is 0.230 e. The van der Waals surface area contributed by atoms with Gasteiger partial charge in [-0.25, -0.2) is 9.97 Å². The van der Waals surface area contributed by atoms with Crippen LogP contribution in [0.2, 0.25) is 0 Å². The number of aryl methyl sites for hydroxylation is 3. The van der Waals surface area contributed by atoms with E-state index in [0.29, 0.717) is 6.54 Å². The van der Waals surface area contributed by atoms with Gasteiger partial charge in [0.05, 0.1) is 0 Å². The van der Waals surface area contributed by atoms with Crippen LogP contribution in [-0.2, 0) is 0 Å². The quantitative estimate of drug-likeness (QED) is 0.907. The number of aromatic nitrogens is 2. The Morgan fingerprint density at radius 1 is 1.00 bits per heavy atom. The number of nitrogens with zero attached hydrogens (tertiary/aromatic N) is 3. The second kappa shape index (κ2) is 6.48. The molecule has 0 atom stereocenters. The van der Waals surface area contributed by atoms with E-state index in [2.05, 4.69) is 46.1 Å². The Balaban J connectivity index is 2.38. The maximum atomic E-state index is 5.65. The average Bonchev–Trinajstić information content (AvgIpc) is 2.40. The molecule has 0 aliphatic heterocycles. The third kappa shape index (κ3) is 3.54. The highest BCUT2D eigenvalue weighted by Gasteiger charge is 2.12. The first-order valence-corrected chi connectivity index (χ1v) is 6.96. The van der Waals surface area contributed by atoms with Gasteiger partial charge in [-0.3, -0.25) is 0 Å². The molecular formula is C16H22N4. The van der Waals surface area contributed by atoms with E-state index in [0.717, 1.165) is 36.0 Å². The van der Waals surface area contributed by atoms with E-state index in [-0.39, 0.29) is 0 Å². The zero-order valence-electron chi connectivity index (χ0n) is 12.4. The molecule has 0 saturated heterocycles. The van der Waals surface area contributed by atoms with Crippen LogP contribution in [0.4, 0.5) is 11.6 Å². The molecule has 0 bridgehead atoms. The Labute approximate surface area is 120 Å². The minimum Gasteiger partial charge on any atom is -0.330 e. The van der Waals surface area contributed by atoms with Crippen molar-refractivity contribution in [1.29, 1.82) is 0 Å². The van der Waals surface area contributed by atoms with Gasteiger partial charge in [0.25, 0.3) is 0 Å². The summed E-state index contributed by atoms with van der Waals surface area (Å²) < 4.78 is 0. The van der Waals surface area contributed by atoms with Gasteiger partial charge in [0.1, 0.15) is 0 Å². The van der Waals surface area contributed by atoms with E-state index in [1.165, 1.54) is 5.56 Å². The van der Waals surface area contributed by atoms with Gasteiger partial charge in [0, 0.05) is 23.6 Å². The van der Waals surface area contributed by atoms with Crippen LogP contribution in [-0.4, -0.2) is 23.1 Å². The largest absolute Gasteiger partial charge is 0.330 e. The summed E-state index contributed by atoms with van der Waals surface area (Å²) in [4.78, 5) is 11.3. The van der Waals surface area contributed by atoms with Crippen LogP contribution in [0.15, 0.2) is 30.3 Å². The molecule has 4 nitrogen and oxygen atoms in total. The highest BCUT2D eigenvalue weighted by atomic mass is 15.3. The van der Waals surface area contributed by atoms with Gasteiger partial charge in [0.2, 0.25) is 5.95 Å². The van der Waals surface area contributed by atoms with Gasteiger partial charge >= 0.3 is 0 Å². The van der Waals surface area contributed by atoms with Gasteiger partial charge in [-0.15, -0.1) is 0 Å². The lowest BCUT2D eigenvalue weighted by atomic mass is 10.2. The summed E-state index contributed by atoms with van der Waals surface area (Å²) in [6.07, 6.45) is 0.907. The molecule has 1 heterocycles. The number of rotatable bonds is 5. The predicted octanol–water partition coefficient (Wildman–Crippen LogP) is 2.89. The van der Waals surface area contributed by atoms with Crippen LogP contribution >= 0.6 is 0 Å². The number of nitrogens with two attached hydrogens (primary N) is 1. The molecule has 1 aromatic carbocycles. The molecule has 1 aromatic heterocycles. The fraction of sp³-hybridized carbons (Fsp3) is 0.375. The fourth-order valence-corrected chi connectivity index (χ4v) is 2.15. The lowest BCUT2D eigenvalue weighted by molar-refractivity contribution is 0.794. The van der Waals surface area contributed by atoms with Crippen molar-refractivity contribution >= 4 is 11.6 Å². The lowest BCUT2D eigenvalue weighted by Gasteiger charge is -2.23. The topological polar surface area (TPSA) is 55.0 Å². The maximum Gasteiger partial charge on any atom is 0.230 e. The lowest BCUT2D eigenvalue weighted by Crippen LogP contribution is -2.23. The summed E-state index contributed by atoms with van der Waals surface area (Å²) in [5, 5.41) is 0. The zero-order chi connectivity index (χ0) is 14.5. The van der Waals surface area contributed by atoms with Crippen LogP contribution in [0.1, 0.15) is 23.4 Å². The number of benzene rings is 1. The minimum absolute atomic E-state index is 0.660. The molecule has 0 radical (unpaired) electrons. The number of hydrogen-bond donors (Lipinski definition) is 1. The van der Waals surface area contributed by atoms with Crippen molar-refractivity contribution in [3.63, 3.8) is 0 Å². The first-order chi connectivity index (χ1) is 9.60. The van der Waals surface area contributed by atoms with Crippen molar-refractivity contribution in [2.75, 3.05) is 18.0 Å². The summed E-state index contributed by atoms with van der Waals surface area (Å²) in [6, 6.07) is 10.4. The van der Waals surface area contributed by atoms with Crippen molar-refractivity contribution in [3.05, 3.63) is 47.3 Å². The monoisotopic (exact) mass is 270 g/mol. The molecule has 0 aliphatic carbocycles. The number of hydrogen-bond acceptors (Lipinski definition) is 4. The fourth-order valence-electron chi connectivity index (χ4n) is 2.15. The highest BCUT2D eigenvalue weighted by molar-refractivity contribution is 5.57. The van der Waals surface area contributed by atoms with Crippen LogP contribution < -0.4 is 10.6 Å². The number of anilines is 2. The Bertz CT molecular complexity index is 543. The summed E-state index contributed by atoms with van der Waals surface area (Å²) >= 11 is 0. The molecule has 2 rings (SSSR count). The molecule has 2 N–H and O–H groups in total. The molecule has 0 unspecified atom stereocenters. The Morgan fingerprint density at radius 3 is 2.15 bits per heavy atom. The average molecular weight is 270 g/mol. The van der Waals surface area contributed by atoms with Gasteiger partial charge in [-0.1, -0.05) is 17.7 Å². The normalized spacial score (nSPS) is 10.6. The van der Waals surface area contributed by atoms with Crippen molar-refractivity contribution in [1.82, 2.24) is 9.97 Å². The maximum absolute atomic E-state index is 5.65. The van der Waals surface area contributed by atoms with Gasteiger partial charge in [-0.2, -0.15) is 0 Å². The summed E-state index contributed by atoms with van der Waals surface area (Å²) in [5.74, 6) is 0.750. The second-order valence-electron chi connectivity index (χ2n) is 5.08. The Kier molecular flexibility index (Phi) is 4.69. The van der Waals surface area contributed by atoms with Crippen LogP contribution in [0.5, 0.6) is 0 Å². The van der Waals surface area contributed by atoms with Crippen LogP contribution in [0.25, 0.3) is 0 Å². The molecule has 0 aliphatic rings. The van der Waals surface area contributed by atoms with Gasteiger partial charge < -0.3 is 10.6 Å². The van der Waals surface area contributed by atoms with Gasteiger partial charge in [-0.05, 0) is 51.9 Å². The summed E-state index contributed by atoms with van der Waals surface area (Å²) in [5.41, 5.74) is 9.97. The van der Waals surface area contributed by atoms with E-state index in [9.17, 15) is 0 Å². The summed E-state index contributed by atoms with van der Waals surface area (Å²) in [7, 11) is 0. The Hall–Kier alpha value is -1.94. The molecule has 0 fully saturated rings. The third-order valence-corrected chi connectivity index (χ3v) is 3.14. The first kappa shape index (κ1) is 14.5. The van der Waals surface area contributed by atoms with E-state index in [1.54, 1.807) is 0 Å². The Morgan fingerprint density at radius 2 is 1.60 bits per heavy atom. The van der Waals surface area contributed by atoms with E-state index in [4.69, 9.17) is 5.73 Å². The van der Waals surface area contributed by atoms with E-state index < -0.39 is 0 Å². The molecule has 0 amide bonds. The molecular weight excluding hydrogens is 248 g/mol. The van der Waals surface area contributed by atoms with Crippen molar-refractivity contribution in [2.24, 2.45) is 5.73 Å². The van der Waals surface area contributed by atoms with Gasteiger partial charge in [0.15, 0.2) is 0 Å². The SMILES string of the molecule is Cc1ccc(N(CCCN)c2nc(C)cc(C)n2)cc1. The third-order valence-electron chi connectivity index (χ3n) is 3.14. The van der Waals surface area contributed by atoms with E-state index in [1.807, 2.05) is 19.9 Å². The zero-order valence-corrected chi connectivity index (χ0v) is 12.4. The molecule has 0 spiro atoms. The standard InChI is InChI=1S/C16H22N4/c1-12-5-7-15(8-6-12)20(10-4-9-17)16-18-13(2)11-14(3)19-16/h5-8,11H,4,9-10,17H2,1-3H3. The molecule has 106 valence electrons. The second-order valence-corrected chi connectivity index (χ2v) is 5.08. The molecule has 0 saturated carbocycles. The molecule has 2 aromatic rings. The molecule has 20 heavy (non-hydrogen) atoms. The molecule has 4 heteroatoms. The van der Waals surface area contributed by atoms with Crippen LogP contribution in [0, 0.1) is 20.8 Å². The first-order valence-electron chi connectivity index (χ1n) is 6.96. The van der Waals surface area contributed by atoms with Crippen LogP contribution in [0.3, 0.4) is 0 Å². The highest BCUT2D eigenvalue weighted by Crippen LogP contribution is 2.23. The van der Waals surface area contributed by atoms with E-state index >= 15 is 0 Å². The van der Waals surface area contributed by atoms with Crippen molar-refractivity contribution < 1.29 is 0 Å².